The summed E-state index contributed by atoms with van der Waals surface area (Å²) in [7, 11) is 1.74. The first kappa shape index (κ1) is 16.2. The van der Waals surface area contributed by atoms with Crippen molar-refractivity contribution in [2.45, 2.75) is 33.1 Å². The van der Waals surface area contributed by atoms with Crippen LogP contribution in [0.1, 0.15) is 45.5 Å². The fourth-order valence-electron chi connectivity index (χ4n) is 3.00. The zero-order valence-corrected chi connectivity index (χ0v) is 15.6. The number of thiophene rings is 1. The number of aryl methyl sites for hydroxylation is 2. The van der Waals surface area contributed by atoms with E-state index in [1.54, 1.807) is 11.7 Å². The minimum atomic E-state index is -0.247. The maximum atomic E-state index is 12.6. The van der Waals surface area contributed by atoms with Gasteiger partial charge in [-0.3, -0.25) is 9.48 Å². The molecular formula is C16H17BrN4OS. The maximum Gasteiger partial charge on any atom is 0.275 e. The second-order valence-corrected chi connectivity index (χ2v) is 7.89. The number of halogens is 1. The number of rotatable bonds is 2. The van der Waals surface area contributed by atoms with Crippen molar-refractivity contribution in [2.75, 3.05) is 5.32 Å². The van der Waals surface area contributed by atoms with E-state index in [0.29, 0.717) is 26.6 Å². The molecule has 23 heavy (non-hydrogen) atoms. The summed E-state index contributed by atoms with van der Waals surface area (Å²) in [4.78, 5) is 13.8. The minimum absolute atomic E-state index is 0.247. The van der Waals surface area contributed by atoms with Gasteiger partial charge in [-0.05, 0) is 53.6 Å². The third kappa shape index (κ3) is 2.81. The predicted octanol–water partition coefficient (Wildman–Crippen LogP) is 3.80. The van der Waals surface area contributed by atoms with Gasteiger partial charge in [0.25, 0.3) is 5.91 Å². The first-order valence-corrected chi connectivity index (χ1v) is 9.08. The van der Waals surface area contributed by atoms with Crippen LogP contribution >= 0.6 is 27.3 Å². The van der Waals surface area contributed by atoms with Gasteiger partial charge in [-0.2, -0.15) is 10.4 Å². The summed E-state index contributed by atoms with van der Waals surface area (Å²) >= 11 is 4.94. The average molecular weight is 393 g/mol. The molecule has 2 heterocycles. The highest BCUT2D eigenvalue weighted by Crippen LogP contribution is 2.39. The minimum Gasteiger partial charge on any atom is -0.311 e. The summed E-state index contributed by atoms with van der Waals surface area (Å²) in [6, 6.07) is 2.27. The normalized spacial score (nSPS) is 16.7. The summed E-state index contributed by atoms with van der Waals surface area (Å²) in [5.41, 5.74) is 2.97. The number of nitriles is 1. The van der Waals surface area contributed by atoms with Gasteiger partial charge in [0.1, 0.15) is 16.8 Å². The molecule has 1 unspecified atom stereocenters. The Morgan fingerprint density at radius 3 is 2.91 bits per heavy atom. The van der Waals surface area contributed by atoms with E-state index >= 15 is 0 Å². The van der Waals surface area contributed by atoms with Crippen LogP contribution < -0.4 is 5.32 Å². The molecule has 2 aromatic rings. The van der Waals surface area contributed by atoms with Crippen molar-refractivity contribution in [3.8, 4) is 6.07 Å². The van der Waals surface area contributed by atoms with Gasteiger partial charge in [0.05, 0.1) is 15.7 Å². The van der Waals surface area contributed by atoms with Gasteiger partial charge < -0.3 is 5.32 Å². The van der Waals surface area contributed by atoms with Crippen molar-refractivity contribution in [3.63, 3.8) is 0 Å². The first-order chi connectivity index (χ1) is 10.9. The Morgan fingerprint density at radius 1 is 1.57 bits per heavy atom. The molecule has 1 amide bonds. The molecule has 0 aromatic carbocycles. The van der Waals surface area contributed by atoms with Crippen molar-refractivity contribution in [1.29, 1.82) is 5.26 Å². The summed E-state index contributed by atoms with van der Waals surface area (Å²) < 4.78 is 2.24. The van der Waals surface area contributed by atoms with Gasteiger partial charge in [-0.25, -0.2) is 0 Å². The molecule has 0 saturated carbocycles. The van der Waals surface area contributed by atoms with E-state index in [1.807, 2.05) is 6.92 Å². The van der Waals surface area contributed by atoms with Gasteiger partial charge in [0.2, 0.25) is 0 Å². The molecule has 7 heteroatoms. The van der Waals surface area contributed by atoms with Crippen molar-refractivity contribution < 1.29 is 4.79 Å². The molecule has 0 fully saturated rings. The number of carbonyl (C=O) groups excluding carboxylic acids is 1. The highest BCUT2D eigenvalue weighted by atomic mass is 79.9. The third-order valence-electron chi connectivity index (χ3n) is 4.21. The van der Waals surface area contributed by atoms with Crippen LogP contribution in [-0.2, 0) is 19.9 Å². The molecule has 2 aromatic heterocycles. The molecule has 0 bridgehead atoms. The molecular weight excluding hydrogens is 376 g/mol. The maximum absolute atomic E-state index is 12.6. The standard InChI is InChI=1S/C16H17BrN4OS/c1-8-4-5-10-11(7-18)16(23-12(10)6-8)19-15(22)14-13(17)9(2)20-21(14)3/h8H,4-6H2,1-3H3,(H,19,22). The second kappa shape index (κ2) is 6.10. The first-order valence-electron chi connectivity index (χ1n) is 7.47. The lowest BCUT2D eigenvalue weighted by molar-refractivity contribution is 0.101. The van der Waals surface area contributed by atoms with E-state index in [-0.39, 0.29) is 5.91 Å². The Bertz CT molecular complexity index is 830. The number of nitrogens with one attached hydrogen (secondary N) is 1. The number of anilines is 1. The third-order valence-corrected chi connectivity index (χ3v) is 6.33. The smallest absolute Gasteiger partial charge is 0.275 e. The van der Waals surface area contributed by atoms with Crippen molar-refractivity contribution in [2.24, 2.45) is 13.0 Å². The average Bonchev–Trinajstić information content (AvgIpc) is 2.95. The van der Waals surface area contributed by atoms with Crippen LogP contribution in [0.15, 0.2) is 4.47 Å². The van der Waals surface area contributed by atoms with Crippen LogP contribution in [0.25, 0.3) is 0 Å². The lowest BCUT2D eigenvalue weighted by atomic mass is 9.89. The van der Waals surface area contributed by atoms with Gasteiger partial charge in [0, 0.05) is 11.9 Å². The fourth-order valence-corrected chi connectivity index (χ4v) is 4.87. The number of amides is 1. The van der Waals surface area contributed by atoms with Crippen LogP contribution in [0.5, 0.6) is 0 Å². The van der Waals surface area contributed by atoms with E-state index < -0.39 is 0 Å². The van der Waals surface area contributed by atoms with Gasteiger partial charge in [0.15, 0.2) is 0 Å². The quantitative estimate of drug-likeness (QED) is 0.844. The number of hydrogen-bond donors (Lipinski definition) is 1. The van der Waals surface area contributed by atoms with Gasteiger partial charge >= 0.3 is 0 Å². The van der Waals surface area contributed by atoms with Crippen LogP contribution in [0.3, 0.4) is 0 Å². The molecule has 0 radical (unpaired) electrons. The van der Waals surface area contributed by atoms with E-state index in [1.165, 1.54) is 16.2 Å². The highest BCUT2D eigenvalue weighted by molar-refractivity contribution is 9.10. The molecule has 120 valence electrons. The number of aromatic nitrogens is 2. The lowest BCUT2D eigenvalue weighted by Crippen LogP contribution is -2.16. The number of fused-ring (bicyclic) bond motifs is 1. The van der Waals surface area contributed by atoms with E-state index in [2.05, 4.69) is 39.3 Å². The second-order valence-electron chi connectivity index (χ2n) is 5.99. The molecule has 1 aliphatic carbocycles. The van der Waals surface area contributed by atoms with Crippen LogP contribution in [0.4, 0.5) is 5.00 Å². The van der Waals surface area contributed by atoms with E-state index in [0.717, 1.165) is 30.5 Å². The largest absolute Gasteiger partial charge is 0.311 e. The Kier molecular flexibility index (Phi) is 4.30. The Labute approximate surface area is 147 Å². The molecule has 1 atom stereocenters. The number of nitrogens with zero attached hydrogens (tertiary/aromatic N) is 3. The number of hydrogen-bond acceptors (Lipinski definition) is 4. The molecule has 0 spiro atoms. The van der Waals surface area contributed by atoms with Gasteiger partial charge in [-0.15, -0.1) is 11.3 Å². The topological polar surface area (TPSA) is 70.7 Å². The molecule has 5 nitrogen and oxygen atoms in total. The molecule has 3 rings (SSSR count). The molecule has 0 aliphatic heterocycles. The Morgan fingerprint density at radius 2 is 2.30 bits per heavy atom. The van der Waals surface area contributed by atoms with Crippen molar-refractivity contribution >= 4 is 38.2 Å². The summed E-state index contributed by atoms with van der Waals surface area (Å²) in [6.45, 7) is 4.06. The summed E-state index contributed by atoms with van der Waals surface area (Å²) in [6.07, 6.45) is 3.00. The summed E-state index contributed by atoms with van der Waals surface area (Å²) in [5.74, 6) is 0.383. The number of carbonyl (C=O) groups is 1. The Balaban J connectivity index is 1.94. The zero-order chi connectivity index (χ0) is 16.7. The SMILES string of the molecule is Cc1nn(C)c(C(=O)Nc2sc3c(c2C#N)CCC(C)C3)c1Br. The van der Waals surface area contributed by atoms with Crippen LogP contribution in [-0.4, -0.2) is 15.7 Å². The van der Waals surface area contributed by atoms with Crippen LogP contribution in [0, 0.1) is 24.2 Å². The van der Waals surface area contributed by atoms with E-state index in [9.17, 15) is 10.1 Å². The lowest BCUT2D eigenvalue weighted by Gasteiger charge is -2.17. The van der Waals surface area contributed by atoms with E-state index in [4.69, 9.17) is 0 Å². The highest BCUT2D eigenvalue weighted by Gasteiger charge is 2.26. The van der Waals surface area contributed by atoms with Crippen molar-refractivity contribution in [1.82, 2.24) is 9.78 Å². The Hall–Kier alpha value is -1.65. The molecule has 0 saturated heterocycles. The van der Waals surface area contributed by atoms with Crippen molar-refractivity contribution in [3.05, 3.63) is 31.9 Å². The summed E-state index contributed by atoms with van der Waals surface area (Å²) in [5, 5.41) is 17.3. The fraction of sp³-hybridized carbons (Fsp3) is 0.438. The monoisotopic (exact) mass is 392 g/mol. The molecule has 1 N–H and O–H groups in total. The van der Waals surface area contributed by atoms with Gasteiger partial charge in [-0.1, -0.05) is 6.92 Å². The molecule has 1 aliphatic rings. The predicted molar refractivity (Wildman–Crippen MR) is 93.8 cm³/mol. The zero-order valence-electron chi connectivity index (χ0n) is 13.2. The van der Waals surface area contributed by atoms with Crippen LogP contribution in [0.2, 0.25) is 0 Å².